The number of guanidine groups is 1. The number of nitrogens with zero attached hydrogens (tertiary/aromatic N) is 2. The van der Waals surface area contributed by atoms with E-state index >= 15 is 0 Å². The normalized spacial score (nSPS) is 10.6. The monoisotopic (exact) mass is 489 g/mol. The van der Waals surface area contributed by atoms with Crippen LogP contribution in [-0.2, 0) is 4.79 Å². The van der Waals surface area contributed by atoms with Crippen molar-refractivity contribution in [3.05, 3.63) is 35.9 Å². The Morgan fingerprint density at radius 2 is 1.59 bits per heavy atom. The highest BCUT2D eigenvalue weighted by molar-refractivity contribution is 14.0. The van der Waals surface area contributed by atoms with E-state index in [-0.39, 0.29) is 35.8 Å². The van der Waals surface area contributed by atoms with Crippen molar-refractivity contribution in [1.29, 1.82) is 0 Å². The highest BCUT2D eigenvalue weighted by Gasteiger charge is 2.08. The molecule has 1 aromatic rings. The number of amides is 2. The second-order valence-electron chi connectivity index (χ2n) is 5.63. The summed E-state index contributed by atoms with van der Waals surface area (Å²) in [5, 5.41) is 9.15. The standard InChI is InChI=1S/C19H31N5O2.HI/c1-4-20-19(22-13-12-17(25)24(5-2)6-3)23-15-14-21-18(26)16-10-8-7-9-11-16;/h7-11H,4-6,12-15H2,1-3H3,(H,21,26)(H2,20,22,23);1H. The van der Waals surface area contributed by atoms with Gasteiger partial charge in [0.15, 0.2) is 5.96 Å². The molecule has 7 nitrogen and oxygen atoms in total. The maximum atomic E-state index is 12.0. The van der Waals surface area contributed by atoms with Crippen LogP contribution >= 0.6 is 24.0 Å². The van der Waals surface area contributed by atoms with Crippen LogP contribution in [0.25, 0.3) is 0 Å². The topological polar surface area (TPSA) is 85.8 Å². The van der Waals surface area contributed by atoms with Crippen LogP contribution in [0.15, 0.2) is 35.3 Å². The van der Waals surface area contributed by atoms with Gasteiger partial charge in [-0.3, -0.25) is 14.6 Å². The first kappa shape index (κ1) is 25.2. The van der Waals surface area contributed by atoms with Crippen molar-refractivity contribution in [2.75, 3.05) is 39.3 Å². The van der Waals surface area contributed by atoms with Crippen LogP contribution in [0.3, 0.4) is 0 Å². The molecule has 3 N–H and O–H groups in total. The van der Waals surface area contributed by atoms with E-state index in [1.54, 1.807) is 17.0 Å². The third-order valence-corrected chi connectivity index (χ3v) is 3.79. The maximum Gasteiger partial charge on any atom is 0.251 e. The molecule has 0 heterocycles. The first-order chi connectivity index (χ1) is 12.6. The molecule has 0 atom stereocenters. The molecule has 0 aliphatic carbocycles. The molecule has 2 amide bonds. The summed E-state index contributed by atoms with van der Waals surface area (Å²) in [6.45, 7) is 9.56. The van der Waals surface area contributed by atoms with Gasteiger partial charge in [-0.15, -0.1) is 24.0 Å². The molecule has 27 heavy (non-hydrogen) atoms. The number of nitrogens with one attached hydrogen (secondary N) is 3. The quantitative estimate of drug-likeness (QED) is 0.203. The molecule has 0 aromatic heterocycles. The fraction of sp³-hybridized carbons (Fsp3) is 0.526. The lowest BCUT2D eigenvalue weighted by Crippen LogP contribution is -2.41. The molecule has 0 radical (unpaired) electrons. The molecule has 0 spiro atoms. The summed E-state index contributed by atoms with van der Waals surface area (Å²) in [4.78, 5) is 30.2. The molecule has 0 saturated heterocycles. The van der Waals surface area contributed by atoms with Gasteiger partial charge in [-0.25, -0.2) is 0 Å². The molecule has 8 heteroatoms. The molecule has 0 unspecified atom stereocenters. The zero-order valence-corrected chi connectivity index (χ0v) is 18.8. The van der Waals surface area contributed by atoms with Gasteiger partial charge in [0, 0.05) is 44.7 Å². The Balaban J connectivity index is 0.00000676. The second kappa shape index (κ2) is 15.2. The number of halogens is 1. The van der Waals surface area contributed by atoms with Crippen LogP contribution in [0, 0.1) is 0 Å². The van der Waals surface area contributed by atoms with Gasteiger partial charge < -0.3 is 20.9 Å². The van der Waals surface area contributed by atoms with E-state index in [1.807, 2.05) is 39.0 Å². The zero-order valence-electron chi connectivity index (χ0n) is 16.5. The minimum atomic E-state index is -0.0980. The van der Waals surface area contributed by atoms with E-state index in [1.165, 1.54) is 0 Å². The third-order valence-electron chi connectivity index (χ3n) is 3.79. The highest BCUT2D eigenvalue weighted by Crippen LogP contribution is 1.97. The van der Waals surface area contributed by atoms with Gasteiger partial charge in [-0.1, -0.05) is 18.2 Å². The van der Waals surface area contributed by atoms with Crippen molar-refractivity contribution < 1.29 is 9.59 Å². The molecular weight excluding hydrogens is 457 g/mol. The van der Waals surface area contributed by atoms with Crippen molar-refractivity contribution in [2.24, 2.45) is 4.99 Å². The van der Waals surface area contributed by atoms with Gasteiger partial charge in [0.1, 0.15) is 0 Å². The summed E-state index contributed by atoms with van der Waals surface area (Å²) in [5.74, 6) is 0.665. The Morgan fingerprint density at radius 1 is 0.963 bits per heavy atom. The molecule has 152 valence electrons. The molecule has 0 aliphatic heterocycles. The molecule has 1 aromatic carbocycles. The van der Waals surface area contributed by atoms with Crippen molar-refractivity contribution >= 4 is 41.8 Å². The van der Waals surface area contributed by atoms with Crippen LogP contribution in [-0.4, -0.2) is 61.9 Å². The largest absolute Gasteiger partial charge is 0.357 e. The number of rotatable bonds is 10. The Kier molecular flexibility index (Phi) is 14.2. The van der Waals surface area contributed by atoms with Gasteiger partial charge in [-0.2, -0.15) is 0 Å². The first-order valence-corrected chi connectivity index (χ1v) is 9.25. The summed E-state index contributed by atoms with van der Waals surface area (Å²) in [7, 11) is 0. The average molecular weight is 489 g/mol. The lowest BCUT2D eigenvalue weighted by atomic mass is 10.2. The van der Waals surface area contributed by atoms with E-state index in [2.05, 4.69) is 20.9 Å². The predicted octanol–water partition coefficient (Wildman–Crippen LogP) is 1.85. The summed E-state index contributed by atoms with van der Waals surface area (Å²) in [6.07, 6.45) is 0.392. The smallest absolute Gasteiger partial charge is 0.251 e. The van der Waals surface area contributed by atoms with Gasteiger partial charge in [0.2, 0.25) is 5.91 Å². The van der Waals surface area contributed by atoms with Crippen molar-refractivity contribution in [3.63, 3.8) is 0 Å². The van der Waals surface area contributed by atoms with Crippen LogP contribution in [0.4, 0.5) is 0 Å². The average Bonchev–Trinajstić information content (AvgIpc) is 2.66. The molecule has 0 fully saturated rings. The van der Waals surface area contributed by atoms with Crippen LogP contribution in [0.2, 0.25) is 0 Å². The van der Waals surface area contributed by atoms with E-state index in [4.69, 9.17) is 0 Å². The number of hydrogen-bond donors (Lipinski definition) is 3. The van der Waals surface area contributed by atoms with Gasteiger partial charge >= 0.3 is 0 Å². The molecule has 0 aliphatic rings. The predicted molar refractivity (Wildman–Crippen MR) is 121 cm³/mol. The van der Waals surface area contributed by atoms with Crippen molar-refractivity contribution in [2.45, 2.75) is 27.2 Å². The number of aliphatic imine (C=N–C) groups is 1. The Morgan fingerprint density at radius 3 is 2.19 bits per heavy atom. The lowest BCUT2D eigenvalue weighted by molar-refractivity contribution is -0.130. The Bertz CT molecular complexity index is 577. The summed E-state index contributed by atoms with van der Waals surface area (Å²) >= 11 is 0. The van der Waals surface area contributed by atoms with Gasteiger partial charge in [-0.05, 0) is 32.9 Å². The van der Waals surface area contributed by atoms with Crippen molar-refractivity contribution in [1.82, 2.24) is 20.9 Å². The number of benzene rings is 1. The van der Waals surface area contributed by atoms with E-state index in [9.17, 15) is 9.59 Å². The van der Waals surface area contributed by atoms with Crippen molar-refractivity contribution in [3.8, 4) is 0 Å². The minimum absolute atomic E-state index is 0. The minimum Gasteiger partial charge on any atom is -0.357 e. The van der Waals surface area contributed by atoms with Crippen LogP contribution in [0.1, 0.15) is 37.6 Å². The fourth-order valence-corrected chi connectivity index (χ4v) is 2.39. The van der Waals surface area contributed by atoms with Gasteiger partial charge in [0.05, 0.1) is 6.54 Å². The van der Waals surface area contributed by atoms with Gasteiger partial charge in [0.25, 0.3) is 5.91 Å². The van der Waals surface area contributed by atoms with E-state index in [0.717, 1.165) is 19.6 Å². The number of hydrogen-bond acceptors (Lipinski definition) is 3. The molecule has 1 rings (SSSR count). The molecule has 0 bridgehead atoms. The molecular formula is C19H32IN5O2. The first-order valence-electron chi connectivity index (χ1n) is 9.25. The Labute approximate surface area is 179 Å². The Hall–Kier alpha value is -1.84. The molecule has 0 saturated carbocycles. The summed E-state index contributed by atoms with van der Waals surface area (Å²) in [6, 6.07) is 9.11. The highest BCUT2D eigenvalue weighted by atomic mass is 127. The fourth-order valence-electron chi connectivity index (χ4n) is 2.39. The third kappa shape index (κ3) is 10.2. The summed E-state index contributed by atoms with van der Waals surface area (Å²) < 4.78 is 0. The van der Waals surface area contributed by atoms with Crippen LogP contribution < -0.4 is 16.0 Å². The lowest BCUT2D eigenvalue weighted by Gasteiger charge is -2.18. The SMILES string of the molecule is CCNC(=NCCC(=O)N(CC)CC)NCCNC(=O)c1ccccc1.I. The second-order valence-corrected chi connectivity index (χ2v) is 5.63. The van der Waals surface area contributed by atoms with Crippen LogP contribution in [0.5, 0.6) is 0 Å². The van der Waals surface area contributed by atoms with E-state index in [0.29, 0.717) is 37.6 Å². The zero-order chi connectivity index (χ0) is 19.2. The van der Waals surface area contributed by atoms with E-state index < -0.39 is 0 Å². The number of carbonyl (C=O) groups excluding carboxylic acids is 2. The summed E-state index contributed by atoms with van der Waals surface area (Å²) in [5.41, 5.74) is 0.642. The number of carbonyl (C=O) groups is 2. The maximum absolute atomic E-state index is 12.0.